The summed E-state index contributed by atoms with van der Waals surface area (Å²) >= 11 is 0. The number of hydrogen-bond donors (Lipinski definition) is 0. The van der Waals surface area contributed by atoms with E-state index < -0.39 is 0 Å². The molecule has 2 atom stereocenters. The minimum atomic E-state index is -0.123. The predicted molar refractivity (Wildman–Crippen MR) is 92.7 cm³/mol. The van der Waals surface area contributed by atoms with Crippen LogP contribution in [0.15, 0.2) is 48.5 Å². The van der Waals surface area contributed by atoms with E-state index in [4.69, 9.17) is 14.2 Å². The third-order valence-corrected chi connectivity index (χ3v) is 3.86. The van der Waals surface area contributed by atoms with Gasteiger partial charge in [0.1, 0.15) is 12.2 Å². The molecule has 0 N–H and O–H groups in total. The fourth-order valence-corrected chi connectivity index (χ4v) is 2.49. The monoisotopic (exact) mass is 314 g/mol. The molecular weight excluding hydrogens is 288 g/mol. The Bertz CT molecular complexity index is 521. The summed E-state index contributed by atoms with van der Waals surface area (Å²) in [6, 6.07) is 16.8. The van der Waals surface area contributed by atoms with Crippen LogP contribution in [0, 0.1) is 13.8 Å². The Kier molecular flexibility index (Phi) is 6.78. The highest BCUT2D eigenvalue weighted by atomic mass is 16.6. The molecule has 0 saturated carbocycles. The lowest BCUT2D eigenvalue weighted by molar-refractivity contribution is -0.0775. The van der Waals surface area contributed by atoms with Gasteiger partial charge < -0.3 is 14.2 Å². The fraction of sp³-hybridized carbons (Fsp3) is 0.400. The van der Waals surface area contributed by atoms with Crippen LogP contribution < -0.4 is 0 Å². The maximum absolute atomic E-state index is 6.33. The van der Waals surface area contributed by atoms with E-state index in [-0.39, 0.29) is 12.2 Å². The molecule has 2 rings (SSSR count). The van der Waals surface area contributed by atoms with Gasteiger partial charge in [-0.1, -0.05) is 59.7 Å². The van der Waals surface area contributed by atoms with Gasteiger partial charge in [0.25, 0.3) is 0 Å². The Morgan fingerprint density at radius 3 is 1.30 bits per heavy atom. The van der Waals surface area contributed by atoms with Crippen LogP contribution in [0.1, 0.15) is 34.5 Å². The zero-order valence-corrected chi connectivity index (χ0v) is 14.4. The number of hydrogen-bond acceptors (Lipinski definition) is 3. The van der Waals surface area contributed by atoms with Crippen molar-refractivity contribution in [2.24, 2.45) is 0 Å². The quantitative estimate of drug-likeness (QED) is 0.723. The molecule has 0 bridgehead atoms. The lowest BCUT2D eigenvalue weighted by Crippen LogP contribution is -2.18. The van der Waals surface area contributed by atoms with E-state index in [0.29, 0.717) is 13.2 Å². The number of ether oxygens (including phenoxy) is 3. The van der Waals surface area contributed by atoms with Crippen LogP contribution >= 0.6 is 0 Å². The SMILES string of the molecule is COCC(OC(COC)c1ccc(C)cc1)c1ccc(C)cc1. The van der Waals surface area contributed by atoms with Crippen molar-refractivity contribution >= 4 is 0 Å². The minimum Gasteiger partial charge on any atom is -0.382 e. The van der Waals surface area contributed by atoms with Crippen molar-refractivity contribution in [1.82, 2.24) is 0 Å². The normalized spacial score (nSPS) is 13.7. The molecular formula is C20H26O3. The number of aryl methyl sites for hydroxylation is 2. The molecule has 0 saturated heterocycles. The highest BCUT2D eigenvalue weighted by Crippen LogP contribution is 2.28. The number of benzene rings is 2. The smallest absolute Gasteiger partial charge is 0.107 e. The van der Waals surface area contributed by atoms with Gasteiger partial charge in [-0.25, -0.2) is 0 Å². The standard InChI is InChI=1S/C20H26O3/c1-15-5-9-17(10-6-15)19(13-21-3)23-20(14-22-4)18-11-7-16(2)8-12-18/h5-12,19-20H,13-14H2,1-4H3. The molecule has 3 heteroatoms. The van der Waals surface area contributed by atoms with Crippen LogP contribution in [-0.4, -0.2) is 27.4 Å². The molecule has 0 aromatic heterocycles. The van der Waals surface area contributed by atoms with Crippen LogP contribution in [0.2, 0.25) is 0 Å². The van der Waals surface area contributed by atoms with E-state index in [2.05, 4.69) is 62.4 Å². The molecule has 0 aliphatic rings. The van der Waals surface area contributed by atoms with E-state index in [0.717, 1.165) is 11.1 Å². The molecule has 124 valence electrons. The van der Waals surface area contributed by atoms with Gasteiger partial charge in [-0.15, -0.1) is 0 Å². The lowest BCUT2D eigenvalue weighted by Gasteiger charge is -2.25. The second kappa shape index (κ2) is 8.82. The van der Waals surface area contributed by atoms with E-state index in [1.54, 1.807) is 14.2 Å². The van der Waals surface area contributed by atoms with Gasteiger partial charge in [-0.05, 0) is 25.0 Å². The Hall–Kier alpha value is -1.68. The molecule has 0 heterocycles. The Labute approximate surface area is 139 Å². The average Bonchev–Trinajstić information content (AvgIpc) is 2.55. The molecule has 0 aliphatic carbocycles. The maximum Gasteiger partial charge on any atom is 0.107 e. The highest BCUT2D eigenvalue weighted by molar-refractivity contribution is 5.25. The van der Waals surface area contributed by atoms with Crippen LogP contribution in [0.5, 0.6) is 0 Å². The summed E-state index contributed by atoms with van der Waals surface area (Å²) in [5.41, 5.74) is 4.70. The molecule has 0 fully saturated rings. The van der Waals surface area contributed by atoms with Crippen LogP contribution in [-0.2, 0) is 14.2 Å². The van der Waals surface area contributed by atoms with Crippen molar-refractivity contribution in [3.8, 4) is 0 Å². The number of methoxy groups -OCH3 is 2. The predicted octanol–water partition coefficient (Wildman–Crippen LogP) is 4.40. The second-order valence-electron chi connectivity index (χ2n) is 5.85. The summed E-state index contributed by atoms with van der Waals surface area (Å²) < 4.78 is 17.0. The molecule has 2 unspecified atom stereocenters. The van der Waals surface area contributed by atoms with Crippen molar-refractivity contribution in [3.05, 3.63) is 70.8 Å². The second-order valence-corrected chi connectivity index (χ2v) is 5.85. The van der Waals surface area contributed by atoms with Crippen LogP contribution in [0.4, 0.5) is 0 Å². The van der Waals surface area contributed by atoms with Crippen molar-refractivity contribution in [3.63, 3.8) is 0 Å². The van der Waals surface area contributed by atoms with E-state index in [1.165, 1.54) is 11.1 Å². The van der Waals surface area contributed by atoms with Gasteiger partial charge in [-0.3, -0.25) is 0 Å². The summed E-state index contributed by atoms with van der Waals surface area (Å²) in [5.74, 6) is 0. The summed E-state index contributed by atoms with van der Waals surface area (Å²) in [6.45, 7) is 5.18. The molecule has 3 nitrogen and oxygen atoms in total. The number of rotatable bonds is 8. The molecule has 0 amide bonds. The summed E-state index contributed by atoms with van der Waals surface area (Å²) in [6.07, 6.45) is -0.246. The highest BCUT2D eigenvalue weighted by Gasteiger charge is 2.20. The molecule has 0 spiro atoms. The van der Waals surface area contributed by atoms with Crippen molar-refractivity contribution in [1.29, 1.82) is 0 Å². The molecule has 2 aromatic carbocycles. The van der Waals surface area contributed by atoms with Gasteiger partial charge in [0, 0.05) is 14.2 Å². The third kappa shape index (κ3) is 5.17. The Morgan fingerprint density at radius 1 is 0.652 bits per heavy atom. The van der Waals surface area contributed by atoms with Crippen molar-refractivity contribution in [2.45, 2.75) is 26.1 Å². The van der Waals surface area contributed by atoms with Gasteiger partial charge in [0.15, 0.2) is 0 Å². The molecule has 0 aliphatic heterocycles. The van der Waals surface area contributed by atoms with Crippen molar-refractivity contribution < 1.29 is 14.2 Å². The maximum atomic E-state index is 6.33. The lowest BCUT2D eigenvalue weighted by atomic mass is 10.1. The zero-order chi connectivity index (χ0) is 16.7. The zero-order valence-electron chi connectivity index (χ0n) is 14.4. The van der Waals surface area contributed by atoms with E-state index in [9.17, 15) is 0 Å². The summed E-state index contributed by atoms with van der Waals surface area (Å²) in [4.78, 5) is 0. The Morgan fingerprint density at radius 2 is 1.00 bits per heavy atom. The van der Waals surface area contributed by atoms with Crippen LogP contribution in [0.3, 0.4) is 0 Å². The largest absolute Gasteiger partial charge is 0.382 e. The van der Waals surface area contributed by atoms with E-state index >= 15 is 0 Å². The summed E-state index contributed by atoms with van der Waals surface area (Å²) in [5, 5.41) is 0. The fourth-order valence-electron chi connectivity index (χ4n) is 2.49. The van der Waals surface area contributed by atoms with Crippen LogP contribution in [0.25, 0.3) is 0 Å². The van der Waals surface area contributed by atoms with Crippen molar-refractivity contribution in [2.75, 3.05) is 27.4 Å². The first kappa shape index (κ1) is 17.7. The molecule has 0 radical (unpaired) electrons. The first-order valence-electron chi connectivity index (χ1n) is 7.90. The average molecular weight is 314 g/mol. The van der Waals surface area contributed by atoms with Gasteiger partial charge in [-0.2, -0.15) is 0 Å². The Balaban J connectivity index is 2.19. The van der Waals surface area contributed by atoms with Gasteiger partial charge in [0.05, 0.1) is 13.2 Å². The van der Waals surface area contributed by atoms with Gasteiger partial charge in [0.2, 0.25) is 0 Å². The first-order valence-corrected chi connectivity index (χ1v) is 7.90. The molecule has 23 heavy (non-hydrogen) atoms. The third-order valence-electron chi connectivity index (χ3n) is 3.86. The first-order chi connectivity index (χ1) is 11.1. The van der Waals surface area contributed by atoms with Gasteiger partial charge >= 0.3 is 0 Å². The molecule has 2 aromatic rings. The topological polar surface area (TPSA) is 27.7 Å². The minimum absolute atomic E-state index is 0.123. The summed E-state index contributed by atoms with van der Waals surface area (Å²) in [7, 11) is 3.39. The van der Waals surface area contributed by atoms with E-state index in [1.807, 2.05) is 0 Å².